The number of amides is 1. The maximum absolute atomic E-state index is 11.3. The minimum atomic E-state index is -2.58. The predicted octanol–water partition coefficient (Wildman–Crippen LogP) is 3.32. The van der Waals surface area contributed by atoms with E-state index in [0.29, 0.717) is 13.2 Å². The SMILES string of the molecule is CC(C)(C)[Si](OCC1CCN1C(=O)O)(c1ccccc1)c1ccccc1. The van der Waals surface area contributed by atoms with Gasteiger partial charge in [-0.25, -0.2) is 4.79 Å². The second-order valence-corrected chi connectivity index (χ2v) is 12.2. The van der Waals surface area contributed by atoms with E-state index >= 15 is 0 Å². The summed E-state index contributed by atoms with van der Waals surface area (Å²) in [5.41, 5.74) is 0. The summed E-state index contributed by atoms with van der Waals surface area (Å²) in [6.45, 7) is 7.74. The number of hydrogen-bond donors (Lipinski definition) is 1. The van der Waals surface area contributed by atoms with E-state index in [2.05, 4.69) is 69.3 Å². The molecule has 0 aromatic heterocycles. The smallest absolute Gasteiger partial charge is 0.407 e. The van der Waals surface area contributed by atoms with Crippen LogP contribution in [0.15, 0.2) is 60.7 Å². The van der Waals surface area contributed by atoms with Gasteiger partial charge in [0.25, 0.3) is 8.32 Å². The molecule has 5 heteroatoms. The van der Waals surface area contributed by atoms with Gasteiger partial charge in [0.2, 0.25) is 0 Å². The van der Waals surface area contributed by atoms with E-state index in [9.17, 15) is 9.90 Å². The van der Waals surface area contributed by atoms with Gasteiger partial charge in [-0.05, 0) is 21.8 Å². The highest BCUT2D eigenvalue weighted by atomic mass is 28.4. The Morgan fingerprint density at radius 1 is 1.08 bits per heavy atom. The van der Waals surface area contributed by atoms with Crippen molar-refractivity contribution >= 4 is 24.8 Å². The van der Waals surface area contributed by atoms with Crippen LogP contribution in [0.4, 0.5) is 4.79 Å². The van der Waals surface area contributed by atoms with Gasteiger partial charge in [0.1, 0.15) is 0 Å². The molecule has 3 rings (SSSR count). The zero-order valence-corrected chi connectivity index (χ0v) is 16.7. The van der Waals surface area contributed by atoms with Crippen molar-refractivity contribution in [3.63, 3.8) is 0 Å². The minimum absolute atomic E-state index is 0.0471. The number of likely N-dealkylation sites (tertiary alicyclic amines) is 1. The number of carbonyl (C=O) groups is 1. The summed E-state index contributed by atoms with van der Waals surface area (Å²) in [4.78, 5) is 12.8. The van der Waals surface area contributed by atoms with E-state index in [-0.39, 0.29) is 11.1 Å². The molecule has 26 heavy (non-hydrogen) atoms. The molecule has 0 radical (unpaired) electrons. The molecule has 1 unspecified atom stereocenters. The highest BCUT2D eigenvalue weighted by Gasteiger charge is 2.51. The van der Waals surface area contributed by atoms with Crippen LogP contribution in [-0.4, -0.2) is 43.6 Å². The van der Waals surface area contributed by atoms with Crippen molar-refractivity contribution < 1.29 is 14.3 Å². The van der Waals surface area contributed by atoms with Crippen LogP contribution in [0.2, 0.25) is 5.04 Å². The summed E-state index contributed by atoms with van der Waals surface area (Å²) in [6, 6.07) is 20.8. The van der Waals surface area contributed by atoms with Crippen LogP contribution in [0, 0.1) is 0 Å². The Bertz CT molecular complexity index is 703. The van der Waals surface area contributed by atoms with Gasteiger partial charge in [0.15, 0.2) is 0 Å². The molecule has 1 fully saturated rings. The number of benzene rings is 2. The fraction of sp³-hybridized carbons (Fsp3) is 0.381. The molecule has 2 aromatic carbocycles. The minimum Gasteiger partial charge on any atom is -0.465 e. The first-order valence-corrected chi connectivity index (χ1v) is 11.0. The zero-order valence-electron chi connectivity index (χ0n) is 15.7. The summed E-state index contributed by atoms with van der Waals surface area (Å²) in [5.74, 6) is 0. The van der Waals surface area contributed by atoms with Gasteiger partial charge in [0.05, 0.1) is 12.6 Å². The van der Waals surface area contributed by atoms with Crippen LogP contribution in [0.1, 0.15) is 27.2 Å². The predicted molar refractivity (Wildman–Crippen MR) is 107 cm³/mol. The molecule has 1 aliphatic rings. The van der Waals surface area contributed by atoms with E-state index in [1.165, 1.54) is 15.3 Å². The van der Waals surface area contributed by atoms with Gasteiger partial charge in [-0.3, -0.25) is 0 Å². The summed E-state index contributed by atoms with van der Waals surface area (Å²) in [6.07, 6.45) is 0.0112. The molecule has 1 amide bonds. The molecule has 0 spiro atoms. The molecule has 1 N–H and O–H groups in total. The summed E-state index contributed by atoms with van der Waals surface area (Å²) in [7, 11) is -2.58. The standard InChI is InChI=1S/C21H27NO3Si/c1-21(2,3)26(18-10-6-4-7-11-18,19-12-8-5-9-13-19)25-16-17-14-15-22(17)20(23)24/h4-13,17H,14-16H2,1-3H3,(H,23,24). The zero-order chi connectivity index (χ0) is 18.8. The van der Waals surface area contributed by atoms with E-state index < -0.39 is 14.4 Å². The number of rotatable bonds is 5. The lowest BCUT2D eigenvalue weighted by atomic mass is 10.1. The van der Waals surface area contributed by atoms with Crippen LogP contribution < -0.4 is 10.4 Å². The molecule has 1 atom stereocenters. The van der Waals surface area contributed by atoms with Gasteiger partial charge in [-0.1, -0.05) is 81.4 Å². The molecular formula is C21H27NO3Si. The van der Waals surface area contributed by atoms with E-state index in [1.807, 2.05) is 12.1 Å². The van der Waals surface area contributed by atoms with Crippen LogP contribution in [-0.2, 0) is 4.43 Å². The molecule has 1 saturated heterocycles. The van der Waals surface area contributed by atoms with Crippen LogP contribution >= 0.6 is 0 Å². The largest absolute Gasteiger partial charge is 0.465 e. The molecule has 4 nitrogen and oxygen atoms in total. The third-order valence-corrected chi connectivity index (χ3v) is 10.3. The molecule has 0 saturated carbocycles. The van der Waals surface area contributed by atoms with E-state index in [1.54, 1.807) is 0 Å². The maximum atomic E-state index is 11.3. The first-order valence-electron chi connectivity index (χ1n) is 9.11. The van der Waals surface area contributed by atoms with Crippen LogP contribution in [0.5, 0.6) is 0 Å². The third kappa shape index (κ3) is 3.29. The van der Waals surface area contributed by atoms with Gasteiger partial charge in [0, 0.05) is 6.54 Å². The van der Waals surface area contributed by atoms with Crippen molar-refractivity contribution in [3.8, 4) is 0 Å². The fourth-order valence-corrected chi connectivity index (χ4v) is 8.45. The lowest BCUT2D eigenvalue weighted by Crippen LogP contribution is -2.68. The summed E-state index contributed by atoms with van der Waals surface area (Å²) < 4.78 is 6.78. The molecule has 0 aliphatic carbocycles. The first kappa shape index (κ1) is 18.7. The quantitative estimate of drug-likeness (QED) is 0.823. The van der Waals surface area contributed by atoms with Gasteiger partial charge in [-0.2, -0.15) is 0 Å². The lowest BCUT2D eigenvalue weighted by molar-refractivity contribution is 0.0476. The molecule has 0 bridgehead atoms. The average molecular weight is 370 g/mol. The van der Waals surface area contributed by atoms with E-state index in [4.69, 9.17) is 4.43 Å². The van der Waals surface area contributed by atoms with Gasteiger partial charge < -0.3 is 14.4 Å². The summed E-state index contributed by atoms with van der Waals surface area (Å²) in [5, 5.41) is 11.7. The third-order valence-electron chi connectivity index (χ3n) is 5.30. The maximum Gasteiger partial charge on any atom is 0.407 e. The van der Waals surface area contributed by atoms with Crippen molar-refractivity contribution in [1.29, 1.82) is 0 Å². The van der Waals surface area contributed by atoms with Crippen LogP contribution in [0.25, 0.3) is 0 Å². The van der Waals surface area contributed by atoms with E-state index in [0.717, 1.165) is 6.42 Å². The van der Waals surface area contributed by atoms with Crippen molar-refractivity contribution in [1.82, 2.24) is 4.90 Å². The molecular weight excluding hydrogens is 342 g/mol. The summed E-state index contributed by atoms with van der Waals surface area (Å²) >= 11 is 0. The Labute approximate surface area is 156 Å². The number of carboxylic acid groups (broad SMARTS) is 1. The van der Waals surface area contributed by atoms with Crippen molar-refractivity contribution in [2.24, 2.45) is 0 Å². The number of nitrogens with zero attached hydrogens (tertiary/aromatic N) is 1. The van der Waals surface area contributed by atoms with Crippen molar-refractivity contribution in [2.45, 2.75) is 38.3 Å². The normalized spacial score (nSPS) is 17.7. The molecule has 2 aromatic rings. The van der Waals surface area contributed by atoms with Crippen molar-refractivity contribution in [2.75, 3.05) is 13.2 Å². The fourth-order valence-electron chi connectivity index (χ4n) is 3.85. The molecule has 138 valence electrons. The second-order valence-electron chi connectivity index (χ2n) is 7.89. The molecule has 1 heterocycles. The first-order chi connectivity index (χ1) is 12.4. The Kier molecular flexibility index (Phi) is 5.21. The second kappa shape index (κ2) is 7.25. The van der Waals surface area contributed by atoms with Crippen LogP contribution in [0.3, 0.4) is 0 Å². The Morgan fingerprint density at radius 2 is 1.58 bits per heavy atom. The highest BCUT2D eigenvalue weighted by Crippen LogP contribution is 2.37. The monoisotopic (exact) mass is 369 g/mol. The lowest BCUT2D eigenvalue weighted by Gasteiger charge is -2.46. The Balaban J connectivity index is 2.02. The Hall–Kier alpha value is -2.11. The van der Waals surface area contributed by atoms with Gasteiger partial charge in [-0.15, -0.1) is 0 Å². The topological polar surface area (TPSA) is 49.8 Å². The molecule has 1 aliphatic heterocycles. The van der Waals surface area contributed by atoms with Crippen molar-refractivity contribution in [3.05, 3.63) is 60.7 Å². The number of hydrogen-bond acceptors (Lipinski definition) is 2. The Morgan fingerprint density at radius 3 is 1.92 bits per heavy atom. The average Bonchev–Trinajstić information content (AvgIpc) is 2.57. The highest BCUT2D eigenvalue weighted by molar-refractivity contribution is 6.99. The van der Waals surface area contributed by atoms with Gasteiger partial charge >= 0.3 is 6.09 Å².